The number of rotatable bonds is 6. The average Bonchev–Trinajstić information content (AvgIpc) is 4.23. The van der Waals surface area contributed by atoms with E-state index < -0.39 is 0 Å². The quantitative estimate of drug-likeness (QED) is 0.165. The Hall–Kier alpha value is -10.4. The normalized spacial score (nSPS) is 12.0. The van der Waals surface area contributed by atoms with Crippen LogP contribution in [0.5, 0.6) is 0 Å². The van der Waals surface area contributed by atoms with Gasteiger partial charge in [0.15, 0.2) is 17.5 Å². The van der Waals surface area contributed by atoms with Gasteiger partial charge in [-0.1, -0.05) is 182 Å². The van der Waals surface area contributed by atoms with Gasteiger partial charge in [0.25, 0.3) is 0 Å². The van der Waals surface area contributed by atoms with Gasteiger partial charge in [-0.25, -0.2) is 29.9 Å². The minimum Gasteiger partial charge on any atom is -0.298 e. The van der Waals surface area contributed by atoms with E-state index in [0.717, 1.165) is 132 Å². The Morgan fingerprint density at radius 1 is 0.213 bits per heavy atom. The molecule has 348 valence electrons. The summed E-state index contributed by atoms with van der Waals surface area (Å²) < 4.78 is 6.63. The van der Waals surface area contributed by atoms with Gasteiger partial charge in [-0.3, -0.25) is 13.2 Å². The Bertz CT molecular complexity index is 4480. The molecule has 9 nitrogen and oxygen atoms in total. The lowest BCUT2D eigenvalue weighted by Gasteiger charge is -2.13. The topological polar surface area (TPSA) is 90.6 Å². The summed E-state index contributed by atoms with van der Waals surface area (Å²) in [6, 6.07) is 76.2. The molecule has 0 aliphatic heterocycles. The standard InChI is InChI=1S/C66H39N9/c1-4-16-49-46(13-1)52(37-73-58-22-10-7-19-55(58)67-64(49)73)40-25-31-43(32-26-40)61-70-62(44-33-27-41(28-34-44)53-38-74-59-23-11-8-20-56(59)68-65(74)50-17-5-2-14-47(50)53)72-63(71-61)45-35-29-42(30-36-45)54-39-75-60-24-12-9-21-57(60)69-66(75)51-18-6-3-15-48(51)54/h1-39H. The van der Waals surface area contributed by atoms with Gasteiger partial charge in [0, 0.05) is 68.1 Å². The number of imidazole rings is 3. The van der Waals surface area contributed by atoms with E-state index in [4.69, 9.17) is 29.9 Å². The molecule has 0 aliphatic carbocycles. The van der Waals surface area contributed by atoms with Crippen LogP contribution in [0.15, 0.2) is 237 Å². The second-order valence-electron chi connectivity index (χ2n) is 19.2. The highest BCUT2D eigenvalue weighted by Gasteiger charge is 2.19. The highest BCUT2D eigenvalue weighted by atomic mass is 15.0. The van der Waals surface area contributed by atoms with Gasteiger partial charge < -0.3 is 0 Å². The van der Waals surface area contributed by atoms with Crippen LogP contribution in [0.2, 0.25) is 0 Å². The maximum absolute atomic E-state index is 5.23. The van der Waals surface area contributed by atoms with Crippen LogP contribution in [-0.2, 0) is 0 Å². The van der Waals surface area contributed by atoms with Crippen LogP contribution in [0, 0.1) is 0 Å². The minimum absolute atomic E-state index is 0.586. The maximum Gasteiger partial charge on any atom is 0.164 e. The van der Waals surface area contributed by atoms with Crippen LogP contribution in [0.4, 0.5) is 0 Å². The van der Waals surface area contributed by atoms with E-state index in [0.29, 0.717) is 17.5 Å². The predicted octanol–water partition coefficient (Wildman–Crippen LogP) is 15.7. The number of fused-ring (bicyclic) bond motifs is 15. The third-order valence-electron chi connectivity index (χ3n) is 14.9. The molecule has 7 aromatic heterocycles. The van der Waals surface area contributed by atoms with Gasteiger partial charge in [0.05, 0.1) is 33.1 Å². The van der Waals surface area contributed by atoms with Crippen LogP contribution >= 0.6 is 0 Å². The average molecular weight is 958 g/mol. The predicted molar refractivity (Wildman–Crippen MR) is 304 cm³/mol. The Morgan fingerprint density at radius 2 is 0.453 bits per heavy atom. The SMILES string of the molecule is c1ccc2c(c1)nc1c3ccccc3c(-c3ccc(-c4nc(-c5ccc(-c6cn7c8ccccc8nc7c7ccccc67)cc5)nc(-c5ccc(-c6cn7c8ccccc8nc7c7ccccc67)cc5)n4)cc3)cn21. The summed E-state index contributed by atoms with van der Waals surface area (Å²) >= 11 is 0. The fourth-order valence-electron chi connectivity index (χ4n) is 11.3. The number of aromatic nitrogens is 9. The van der Waals surface area contributed by atoms with E-state index >= 15 is 0 Å². The van der Waals surface area contributed by atoms with Gasteiger partial charge in [0.2, 0.25) is 0 Å². The number of pyridine rings is 3. The Kier molecular flexibility index (Phi) is 8.84. The highest BCUT2D eigenvalue weighted by molar-refractivity contribution is 6.08. The molecule has 0 amide bonds. The van der Waals surface area contributed by atoms with Crippen molar-refractivity contribution in [3.63, 3.8) is 0 Å². The zero-order chi connectivity index (χ0) is 49.1. The number of benzene rings is 9. The molecule has 0 atom stereocenters. The second kappa shape index (κ2) is 16.1. The molecule has 7 heterocycles. The maximum atomic E-state index is 5.23. The fourth-order valence-corrected chi connectivity index (χ4v) is 11.3. The van der Waals surface area contributed by atoms with E-state index in [1.807, 2.05) is 18.2 Å². The van der Waals surface area contributed by atoms with E-state index in [1.165, 1.54) is 0 Å². The van der Waals surface area contributed by atoms with Crippen molar-refractivity contribution in [2.24, 2.45) is 0 Å². The summed E-state index contributed by atoms with van der Waals surface area (Å²) in [6.07, 6.45) is 6.64. The number of hydrogen-bond donors (Lipinski definition) is 0. The summed E-state index contributed by atoms with van der Waals surface area (Å²) in [5, 5.41) is 6.73. The van der Waals surface area contributed by atoms with E-state index in [-0.39, 0.29) is 0 Å². The molecule has 0 unspecified atom stereocenters. The third-order valence-corrected chi connectivity index (χ3v) is 14.9. The molecule has 0 spiro atoms. The van der Waals surface area contributed by atoms with E-state index in [9.17, 15) is 0 Å². The van der Waals surface area contributed by atoms with Gasteiger partial charge in [-0.2, -0.15) is 0 Å². The summed E-state index contributed by atoms with van der Waals surface area (Å²) in [5.41, 5.74) is 18.2. The Labute approximate surface area is 428 Å². The van der Waals surface area contributed by atoms with Crippen LogP contribution < -0.4 is 0 Å². The number of nitrogens with zero attached hydrogens (tertiary/aromatic N) is 9. The zero-order valence-electron chi connectivity index (χ0n) is 40.0. The van der Waals surface area contributed by atoms with Gasteiger partial charge in [-0.05, 0) is 69.2 Å². The van der Waals surface area contributed by atoms with Gasteiger partial charge >= 0.3 is 0 Å². The molecule has 0 fully saturated rings. The van der Waals surface area contributed by atoms with Crippen LogP contribution in [0.25, 0.3) is 150 Å². The molecule has 0 aliphatic rings. The molecule has 0 radical (unpaired) electrons. The van der Waals surface area contributed by atoms with Crippen molar-refractivity contribution >= 4 is 82.4 Å². The number of para-hydroxylation sites is 6. The van der Waals surface area contributed by atoms with Crippen molar-refractivity contribution in [1.82, 2.24) is 43.1 Å². The molecule has 0 saturated heterocycles. The van der Waals surface area contributed by atoms with Crippen molar-refractivity contribution in [3.05, 3.63) is 237 Å². The lowest BCUT2D eigenvalue weighted by Crippen LogP contribution is -2.00. The van der Waals surface area contributed by atoms with E-state index in [1.54, 1.807) is 0 Å². The fraction of sp³-hybridized carbons (Fsp3) is 0. The van der Waals surface area contributed by atoms with Crippen molar-refractivity contribution in [2.45, 2.75) is 0 Å². The molecule has 0 saturated carbocycles. The van der Waals surface area contributed by atoms with E-state index in [2.05, 4.69) is 232 Å². The third kappa shape index (κ3) is 6.44. The molecule has 0 bridgehead atoms. The lowest BCUT2D eigenvalue weighted by atomic mass is 9.98. The van der Waals surface area contributed by atoms with Gasteiger partial charge in [-0.15, -0.1) is 0 Å². The van der Waals surface area contributed by atoms with Crippen LogP contribution in [-0.4, -0.2) is 43.1 Å². The summed E-state index contributed by atoms with van der Waals surface area (Å²) in [6.45, 7) is 0. The largest absolute Gasteiger partial charge is 0.298 e. The molecular weight excluding hydrogens is 919 g/mol. The Balaban J connectivity index is 0.824. The first-order valence-electron chi connectivity index (χ1n) is 25.1. The Morgan fingerprint density at radius 3 is 0.747 bits per heavy atom. The molecule has 16 aromatic rings. The second-order valence-corrected chi connectivity index (χ2v) is 19.2. The molecule has 9 aromatic carbocycles. The molecular formula is C66H39N9. The van der Waals surface area contributed by atoms with Crippen molar-refractivity contribution in [3.8, 4) is 67.5 Å². The van der Waals surface area contributed by atoms with Crippen LogP contribution in [0.3, 0.4) is 0 Å². The molecule has 0 N–H and O–H groups in total. The van der Waals surface area contributed by atoms with Gasteiger partial charge in [0.1, 0.15) is 16.9 Å². The summed E-state index contributed by atoms with van der Waals surface area (Å²) in [7, 11) is 0. The minimum atomic E-state index is 0.586. The zero-order valence-corrected chi connectivity index (χ0v) is 40.0. The first-order chi connectivity index (χ1) is 37.1. The molecule has 9 heteroatoms. The number of hydrogen-bond acceptors (Lipinski definition) is 6. The summed E-state index contributed by atoms with van der Waals surface area (Å²) in [4.78, 5) is 30.8. The molecule has 75 heavy (non-hydrogen) atoms. The van der Waals surface area contributed by atoms with Crippen molar-refractivity contribution in [2.75, 3.05) is 0 Å². The first kappa shape index (κ1) is 41.3. The molecule has 16 rings (SSSR count). The summed E-state index contributed by atoms with van der Waals surface area (Å²) in [5.74, 6) is 1.76. The van der Waals surface area contributed by atoms with Crippen molar-refractivity contribution in [1.29, 1.82) is 0 Å². The smallest absolute Gasteiger partial charge is 0.164 e. The van der Waals surface area contributed by atoms with Crippen molar-refractivity contribution < 1.29 is 0 Å². The monoisotopic (exact) mass is 957 g/mol. The van der Waals surface area contributed by atoms with Crippen LogP contribution in [0.1, 0.15) is 0 Å². The lowest BCUT2D eigenvalue weighted by molar-refractivity contribution is 1.07. The first-order valence-corrected chi connectivity index (χ1v) is 25.1. The highest BCUT2D eigenvalue weighted by Crippen LogP contribution is 2.38.